The van der Waals surface area contributed by atoms with Crippen LogP contribution in [-0.4, -0.2) is 16.4 Å². The van der Waals surface area contributed by atoms with E-state index in [4.69, 9.17) is 16.3 Å². The van der Waals surface area contributed by atoms with Crippen LogP contribution < -0.4 is 10.1 Å². The minimum absolute atomic E-state index is 0.690. The van der Waals surface area contributed by atoms with Gasteiger partial charge in [0.1, 0.15) is 5.75 Å². The molecule has 0 unspecified atom stereocenters. The fraction of sp³-hybridized carbons (Fsp3) is 0.357. The van der Waals surface area contributed by atoms with E-state index in [0.29, 0.717) is 6.54 Å². The lowest BCUT2D eigenvalue weighted by atomic mass is 10.1. The van der Waals surface area contributed by atoms with Crippen LogP contribution in [0.1, 0.15) is 16.8 Å². The van der Waals surface area contributed by atoms with Crippen molar-refractivity contribution in [1.82, 2.24) is 9.78 Å². The molecule has 0 fully saturated rings. The maximum Gasteiger partial charge on any atom is 0.127 e. The van der Waals surface area contributed by atoms with Crippen LogP contribution in [0.15, 0.2) is 18.3 Å². The Kier molecular flexibility index (Phi) is 3.11. The fourth-order valence-corrected chi connectivity index (χ4v) is 2.70. The van der Waals surface area contributed by atoms with E-state index in [2.05, 4.69) is 10.4 Å². The first-order valence-corrected chi connectivity index (χ1v) is 6.69. The number of fused-ring (bicyclic) bond motifs is 1. The lowest BCUT2D eigenvalue weighted by Gasteiger charge is -2.10. The first kappa shape index (κ1) is 12.4. The smallest absolute Gasteiger partial charge is 0.127 e. The number of benzene rings is 1. The van der Waals surface area contributed by atoms with Gasteiger partial charge in [0, 0.05) is 36.8 Å². The predicted octanol–water partition coefficient (Wildman–Crippen LogP) is 2.93. The quantitative estimate of drug-likeness (QED) is 0.938. The number of nitrogens with zero attached hydrogens (tertiary/aromatic N) is 2. The van der Waals surface area contributed by atoms with Crippen LogP contribution in [0.3, 0.4) is 0 Å². The second-order valence-electron chi connectivity index (χ2n) is 4.81. The Bertz CT molecular complexity index is 621. The summed E-state index contributed by atoms with van der Waals surface area (Å²) in [5, 5.41) is 8.46. The Morgan fingerprint density at radius 2 is 2.32 bits per heavy atom. The van der Waals surface area contributed by atoms with E-state index in [-0.39, 0.29) is 0 Å². The van der Waals surface area contributed by atoms with Gasteiger partial charge in [0.2, 0.25) is 0 Å². The van der Waals surface area contributed by atoms with Gasteiger partial charge in [0.15, 0.2) is 0 Å². The zero-order chi connectivity index (χ0) is 13.4. The van der Waals surface area contributed by atoms with Gasteiger partial charge >= 0.3 is 0 Å². The standard InChI is InChI=1S/C14H16ClN3O/c1-9-13(8-18(2)17-9)16-7-11-6-12(15)5-10-3-4-19-14(10)11/h5-6,8,16H,3-4,7H2,1-2H3. The summed E-state index contributed by atoms with van der Waals surface area (Å²) < 4.78 is 7.49. The molecule has 1 aromatic heterocycles. The van der Waals surface area contributed by atoms with E-state index in [1.54, 1.807) is 4.68 Å². The molecule has 100 valence electrons. The Hall–Kier alpha value is -1.68. The van der Waals surface area contributed by atoms with Gasteiger partial charge in [-0.25, -0.2) is 0 Å². The molecule has 0 aliphatic carbocycles. The van der Waals surface area contributed by atoms with Gasteiger partial charge < -0.3 is 10.1 Å². The molecule has 1 aliphatic rings. The SMILES string of the molecule is Cc1nn(C)cc1NCc1cc(Cl)cc2c1OCC2. The van der Waals surface area contributed by atoms with Crippen molar-refractivity contribution in [3.8, 4) is 5.75 Å². The second-order valence-corrected chi connectivity index (χ2v) is 5.24. The highest BCUT2D eigenvalue weighted by Crippen LogP contribution is 2.33. The van der Waals surface area contributed by atoms with Gasteiger partial charge in [-0.3, -0.25) is 4.68 Å². The summed E-state index contributed by atoms with van der Waals surface area (Å²) in [5.41, 5.74) is 4.33. The molecule has 0 spiro atoms. The van der Waals surface area contributed by atoms with Crippen LogP contribution in [0.4, 0.5) is 5.69 Å². The normalized spacial score (nSPS) is 13.2. The largest absolute Gasteiger partial charge is 0.493 e. The van der Waals surface area contributed by atoms with Crippen LogP contribution in [0.2, 0.25) is 5.02 Å². The highest BCUT2D eigenvalue weighted by Gasteiger charge is 2.17. The molecule has 0 saturated carbocycles. The Morgan fingerprint density at radius 3 is 3.05 bits per heavy atom. The molecule has 19 heavy (non-hydrogen) atoms. The van der Waals surface area contributed by atoms with Crippen molar-refractivity contribution < 1.29 is 4.74 Å². The van der Waals surface area contributed by atoms with Crippen LogP contribution in [0.5, 0.6) is 5.75 Å². The van der Waals surface area contributed by atoms with E-state index in [9.17, 15) is 0 Å². The number of hydrogen-bond donors (Lipinski definition) is 1. The average Bonchev–Trinajstić information content (AvgIpc) is 2.92. The number of aromatic nitrogens is 2. The molecule has 1 N–H and O–H groups in total. The van der Waals surface area contributed by atoms with Crippen molar-refractivity contribution in [2.24, 2.45) is 7.05 Å². The third kappa shape index (κ3) is 2.40. The number of aryl methyl sites for hydroxylation is 2. The molecule has 3 rings (SSSR count). The molecule has 0 atom stereocenters. The summed E-state index contributed by atoms with van der Waals surface area (Å²) in [6.45, 7) is 3.42. The molecular formula is C14H16ClN3O. The molecule has 0 amide bonds. The van der Waals surface area contributed by atoms with Crippen molar-refractivity contribution in [3.63, 3.8) is 0 Å². The van der Waals surface area contributed by atoms with E-state index in [1.807, 2.05) is 32.3 Å². The van der Waals surface area contributed by atoms with Gasteiger partial charge in [-0.1, -0.05) is 11.6 Å². The minimum Gasteiger partial charge on any atom is -0.493 e. The molecule has 4 nitrogen and oxygen atoms in total. The van der Waals surface area contributed by atoms with Crippen LogP contribution >= 0.6 is 11.6 Å². The zero-order valence-electron chi connectivity index (χ0n) is 11.0. The van der Waals surface area contributed by atoms with E-state index in [0.717, 1.165) is 40.7 Å². The zero-order valence-corrected chi connectivity index (χ0v) is 11.8. The third-order valence-corrected chi connectivity index (χ3v) is 3.53. The fourth-order valence-electron chi connectivity index (χ4n) is 2.44. The van der Waals surface area contributed by atoms with Gasteiger partial charge in [0.05, 0.1) is 18.0 Å². The summed E-state index contributed by atoms with van der Waals surface area (Å²) in [6, 6.07) is 3.95. The van der Waals surface area contributed by atoms with Crippen LogP contribution in [-0.2, 0) is 20.0 Å². The lowest BCUT2D eigenvalue weighted by molar-refractivity contribution is 0.354. The summed E-state index contributed by atoms with van der Waals surface area (Å²) >= 11 is 6.15. The number of ether oxygens (including phenoxy) is 1. The topological polar surface area (TPSA) is 39.1 Å². The molecule has 0 saturated heterocycles. The molecule has 0 radical (unpaired) electrons. The molecule has 0 bridgehead atoms. The van der Waals surface area contributed by atoms with E-state index in [1.165, 1.54) is 5.56 Å². The second kappa shape index (κ2) is 4.78. The third-order valence-electron chi connectivity index (χ3n) is 3.31. The molecule has 2 aromatic rings. The maximum absolute atomic E-state index is 6.15. The Balaban J connectivity index is 1.82. The molecule has 1 aliphatic heterocycles. The van der Waals surface area contributed by atoms with Crippen molar-refractivity contribution >= 4 is 17.3 Å². The van der Waals surface area contributed by atoms with Gasteiger partial charge in [-0.2, -0.15) is 5.10 Å². The first-order valence-electron chi connectivity index (χ1n) is 6.31. The van der Waals surface area contributed by atoms with Gasteiger partial charge in [-0.05, 0) is 24.6 Å². The number of halogens is 1. The number of nitrogens with one attached hydrogen (secondary N) is 1. The number of rotatable bonds is 3. The average molecular weight is 278 g/mol. The first-order chi connectivity index (χ1) is 9.13. The summed E-state index contributed by atoms with van der Waals surface area (Å²) in [7, 11) is 1.92. The highest BCUT2D eigenvalue weighted by atomic mass is 35.5. The van der Waals surface area contributed by atoms with Crippen LogP contribution in [0.25, 0.3) is 0 Å². The molecule has 1 aromatic carbocycles. The van der Waals surface area contributed by atoms with Gasteiger partial charge in [-0.15, -0.1) is 0 Å². The van der Waals surface area contributed by atoms with Crippen molar-refractivity contribution in [3.05, 3.63) is 40.2 Å². The van der Waals surface area contributed by atoms with Crippen molar-refractivity contribution in [2.75, 3.05) is 11.9 Å². The van der Waals surface area contributed by atoms with Crippen LogP contribution in [0, 0.1) is 6.92 Å². The monoisotopic (exact) mass is 277 g/mol. The minimum atomic E-state index is 0.690. The summed E-state index contributed by atoms with van der Waals surface area (Å²) in [5.74, 6) is 0.985. The highest BCUT2D eigenvalue weighted by molar-refractivity contribution is 6.30. The number of anilines is 1. The molecule has 2 heterocycles. The van der Waals surface area contributed by atoms with E-state index >= 15 is 0 Å². The summed E-state index contributed by atoms with van der Waals surface area (Å²) in [4.78, 5) is 0. The molecular weight excluding hydrogens is 262 g/mol. The Morgan fingerprint density at radius 1 is 1.47 bits per heavy atom. The lowest BCUT2D eigenvalue weighted by Crippen LogP contribution is -2.02. The maximum atomic E-state index is 6.15. The van der Waals surface area contributed by atoms with Crippen molar-refractivity contribution in [2.45, 2.75) is 19.9 Å². The van der Waals surface area contributed by atoms with Crippen molar-refractivity contribution in [1.29, 1.82) is 0 Å². The van der Waals surface area contributed by atoms with Gasteiger partial charge in [0.25, 0.3) is 0 Å². The molecule has 5 heteroatoms. The summed E-state index contributed by atoms with van der Waals surface area (Å²) in [6.07, 6.45) is 2.91. The van der Waals surface area contributed by atoms with E-state index < -0.39 is 0 Å². The number of hydrogen-bond acceptors (Lipinski definition) is 3. The predicted molar refractivity (Wildman–Crippen MR) is 75.9 cm³/mol. The Labute approximate surface area is 117 Å².